The van der Waals surface area contributed by atoms with Crippen LogP contribution in [0.4, 0.5) is 0 Å². The zero-order valence-electron chi connectivity index (χ0n) is 24.5. The van der Waals surface area contributed by atoms with Crippen molar-refractivity contribution in [2.24, 2.45) is 0 Å². The van der Waals surface area contributed by atoms with Gasteiger partial charge in [0.2, 0.25) is 0 Å². The SMILES string of the molecule is Bc1c(C)c(C)c(C)c(C)c1-c1c2ccccc2c(-c2ccc(-c3ccccc3)c3ccccc23)c2ccccc12. The minimum Gasteiger partial charge on any atom is -0.0778 e. The van der Waals surface area contributed by atoms with E-state index in [4.69, 9.17) is 0 Å². The summed E-state index contributed by atoms with van der Waals surface area (Å²) in [6.07, 6.45) is 0. The third-order valence-corrected chi connectivity index (χ3v) is 9.46. The van der Waals surface area contributed by atoms with Crippen LogP contribution >= 0.6 is 0 Å². The van der Waals surface area contributed by atoms with Gasteiger partial charge in [0.1, 0.15) is 7.85 Å². The molecular weight excluding hydrogens is 491 g/mol. The molecule has 0 aliphatic carbocycles. The van der Waals surface area contributed by atoms with E-state index in [0.29, 0.717) is 0 Å². The molecule has 0 unspecified atom stereocenters. The van der Waals surface area contributed by atoms with Crippen LogP contribution in [0.25, 0.3) is 65.7 Å². The second-order valence-electron chi connectivity index (χ2n) is 11.4. The molecule has 0 fully saturated rings. The van der Waals surface area contributed by atoms with Crippen molar-refractivity contribution in [1.29, 1.82) is 0 Å². The largest absolute Gasteiger partial charge is 0.140 e. The fourth-order valence-electron chi connectivity index (χ4n) is 6.95. The lowest BCUT2D eigenvalue weighted by Crippen LogP contribution is -2.17. The van der Waals surface area contributed by atoms with E-state index in [9.17, 15) is 0 Å². The van der Waals surface area contributed by atoms with Gasteiger partial charge in [-0.25, -0.2) is 0 Å². The van der Waals surface area contributed by atoms with Gasteiger partial charge in [-0.1, -0.05) is 126 Å². The topological polar surface area (TPSA) is 0 Å². The number of hydrogen-bond donors (Lipinski definition) is 0. The summed E-state index contributed by atoms with van der Waals surface area (Å²) in [5.74, 6) is 0. The second kappa shape index (κ2) is 9.79. The van der Waals surface area contributed by atoms with Gasteiger partial charge in [-0.05, 0) is 110 Å². The maximum atomic E-state index is 2.34. The Bertz CT molecular complexity index is 2050. The molecule has 0 aliphatic heterocycles. The van der Waals surface area contributed by atoms with Gasteiger partial charge in [0.25, 0.3) is 0 Å². The molecule has 1 heteroatoms. The Kier molecular flexibility index (Phi) is 6.05. The number of hydrogen-bond acceptors (Lipinski definition) is 0. The lowest BCUT2D eigenvalue weighted by atomic mass is 9.74. The first-order valence-electron chi connectivity index (χ1n) is 14.6. The van der Waals surface area contributed by atoms with Crippen LogP contribution in [-0.4, -0.2) is 7.85 Å². The first kappa shape index (κ1) is 25.4. The summed E-state index contributed by atoms with van der Waals surface area (Å²) in [4.78, 5) is 0. The van der Waals surface area contributed by atoms with Crippen molar-refractivity contribution in [3.05, 3.63) is 138 Å². The zero-order chi connectivity index (χ0) is 28.2. The highest BCUT2D eigenvalue weighted by molar-refractivity contribution is 6.39. The van der Waals surface area contributed by atoms with E-state index in [1.54, 1.807) is 0 Å². The molecule has 0 saturated heterocycles. The van der Waals surface area contributed by atoms with Crippen molar-refractivity contribution in [2.75, 3.05) is 0 Å². The molecule has 0 atom stereocenters. The van der Waals surface area contributed by atoms with Crippen LogP contribution in [0.5, 0.6) is 0 Å². The van der Waals surface area contributed by atoms with Crippen LogP contribution < -0.4 is 5.46 Å². The predicted molar refractivity (Wildman–Crippen MR) is 182 cm³/mol. The lowest BCUT2D eigenvalue weighted by molar-refractivity contribution is 1.24. The molecule has 7 aromatic carbocycles. The summed E-state index contributed by atoms with van der Waals surface area (Å²) >= 11 is 0. The standard InChI is InChI=1S/C40H33B/c1-24-25(2)27(4)40(41)37(26(24)3)39-34-20-12-10-18-32(34)38(33-19-11-13-21-35(33)39)36-23-22-29(28-14-6-5-7-15-28)30-16-8-9-17-31(30)36/h5-23H,41H2,1-4H3. The van der Waals surface area contributed by atoms with Crippen LogP contribution in [0, 0.1) is 27.7 Å². The normalized spacial score (nSPS) is 11.5. The number of benzene rings is 7. The molecule has 0 aromatic heterocycles. The Labute approximate surface area is 243 Å². The molecule has 0 amide bonds. The van der Waals surface area contributed by atoms with Gasteiger partial charge in [-0.2, -0.15) is 0 Å². The van der Waals surface area contributed by atoms with Crippen LogP contribution in [0.2, 0.25) is 0 Å². The fourth-order valence-corrected chi connectivity index (χ4v) is 6.95. The summed E-state index contributed by atoms with van der Waals surface area (Å²) in [6, 6.07) is 42.3. The molecule has 7 rings (SSSR count). The first-order chi connectivity index (χ1) is 20.0. The molecule has 0 bridgehead atoms. The van der Waals surface area contributed by atoms with Crippen molar-refractivity contribution in [2.45, 2.75) is 27.7 Å². The quantitative estimate of drug-likeness (QED) is 0.159. The molecular formula is C40H33B. The van der Waals surface area contributed by atoms with Gasteiger partial charge >= 0.3 is 0 Å². The highest BCUT2D eigenvalue weighted by atomic mass is 14.2. The molecule has 0 aliphatic rings. The van der Waals surface area contributed by atoms with Gasteiger partial charge in [-0.3, -0.25) is 0 Å². The Morgan fingerprint density at radius 1 is 0.341 bits per heavy atom. The van der Waals surface area contributed by atoms with E-state index in [2.05, 4.69) is 151 Å². The Hall–Kier alpha value is -4.62. The van der Waals surface area contributed by atoms with E-state index in [-0.39, 0.29) is 0 Å². The van der Waals surface area contributed by atoms with Crippen molar-refractivity contribution in [1.82, 2.24) is 0 Å². The summed E-state index contributed by atoms with van der Waals surface area (Å²) < 4.78 is 0. The first-order valence-corrected chi connectivity index (χ1v) is 14.6. The van der Waals surface area contributed by atoms with Gasteiger partial charge in [0.15, 0.2) is 0 Å². The van der Waals surface area contributed by atoms with E-state index >= 15 is 0 Å². The molecule has 196 valence electrons. The smallest absolute Gasteiger partial charge is 0.0778 e. The monoisotopic (exact) mass is 524 g/mol. The fraction of sp³-hybridized carbons (Fsp3) is 0.100. The summed E-state index contributed by atoms with van der Waals surface area (Å²) in [5.41, 5.74) is 14.8. The Morgan fingerprint density at radius 2 is 0.756 bits per heavy atom. The average Bonchev–Trinajstić information content (AvgIpc) is 3.02. The van der Waals surface area contributed by atoms with Crippen molar-refractivity contribution in [3.8, 4) is 33.4 Å². The van der Waals surface area contributed by atoms with E-state index in [0.717, 1.165) is 0 Å². The molecule has 0 N–H and O–H groups in total. The van der Waals surface area contributed by atoms with E-state index < -0.39 is 0 Å². The van der Waals surface area contributed by atoms with Crippen molar-refractivity contribution < 1.29 is 0 Å². The zero-order valence-corrected chi connectivity index (χ0v) is 24.5. The maximum Gasteiger partial charge on any atom is 0.140 e. The molecule has 0 nitrogen and oxygen atoms in total. The predicted octanol–water partition coefficient (Wildman–Crippen LogP) is 9.64. The Balaban J connectivity index is 1.64. The summed E-state index contributed by atoms with van der Waals surface area (Å²) in [7, 11) is 2.30. The highest BCUT2D eigenvalue weighted by Gasteiger charge is 2.22. The van der Waals surface area contributed by atoms with Crippen LogP contribution in [0.15, 0.2) is 115 Å². The number of fused-ring (bicyclic) bond motifs is 3. The van der Waals surface area contributed by atoms with E-state index in [1.807, 2.05) is 0 Å². The second-order valence-corrected chi connectivity index (χ2v) is 11.4. The van der Waals surface area contributed by atoms with Gasteiger partial charge in [0, 0.05) is 0 Å². The third kappa shape index (κ3) is 3.84. The third-order valence-electron chi connectivity index (χ3n) is 9.46. The summed E-state index contributed by atoms with van der Waals surface area (Å²) in [5, 5.41) is 7.79. The molecule has 0 radical (unpaired) electrons. The average molecular weight is 525 g/mol. The maximum absolute atomic E-state index is 2.34. The van der Waals surface area contributed by atoms with Gasteiger partial charge in [-0.15, -0.1) is 0 Å². The van der Waals surface area contributed by atoms with E-state index in [1.165, 1.54) is 93.4 Å². The molecule has 41 heavy (non-hydrogen) atoms. The molecule has 0 heterocycles. The molecule has 0 saturated carbocycles. The minimum absolute atomic E-state index is 1.25. The molecule has 7 aromatic rings. The highest BCUT2D eigenvalue weighted by Crippen LogP contribution is 2.47. The Morgan fingerprint density at radius 3 is 1.32 bits per heavy atom. The van der Waals surface area contributed by atoms with Gasteiger partial charge < -0.3 is 0 Å². The van der Waals surface area contributed by atoms with Gasteiger partial charge in [0.05, 0.1) is 0 Å². The summed E-state index contributed by atoms with van der Waals surface area (Å²) in [6.45, 7) is 9.12. The van der Waals surface area contributed by atoms with Crippen molar-refractivity contribution in [3.63, 3.8) is 0 Å². The van der Waals surface area contributed by atoms with Crippen LogP contribution in [0.3, 0.4) is 0 Å². The van der Waals surface area contributed by atoms with Crippen LogP contribution in [0.1, 0.15) is 22.3 Å². The number of rotatable bonds is 3. The minimum atomic E-state index is 1.25. The molecule has 0 spiro atoms. The van der Waals surface area contributed by atoms with Crippen molar-refractivity contribution >= 4 is 45.6 Å². The van der Waals surface area contributed by atoms with Crippen LogP contribution in [-0.2, 0) is 0 Å². The lowest BCUT2D eigenvalue weighted by Gasteiger charge is -2.24.